The van der Waals surface area contributed by atoms with Gasteiger partial charge in [-0.3, -0.25) is 9.59 Å². The third-order valence-corrected chi connectivity index (χ3v) is 5.54. The summed E-state index contributed by atoms with van der Waals surface area (Å²) in [6.07, 6.45) is 0.648. The number of benzene rings is 1. The van der Waals surface area contributed by atoms with E-state index in [0.717, 1.165) is 10.7 Å². The first-order chi connectivity index (χ1) is 11.9. The van der Waals surface area contributed by atoms with Gasteiger partial charge in [-0.2, -0.15) is 0 Å². The number of amides is 1. The molecule has 2 atom stereocenters. The highest BCUT2D eigenvalue weighted by Crippen LogP contribution is 2.35. The van der Waals surface area contributed by atoms with Crippen molar-refractivity contribution in [3.8, 4) is 0 Å². The van der Waals surface area contributed by atoms with Crippen LogP contribution in [0.3, 0.4) is 0 Å². The fourth-order valence-corrected chi connectivity index (χ4v) is 4.29. The van der Waals surface area contributed by atoms with Gasteiger partial charge >= 0.3 is 5.97 Å². The Morgan fingerprint density at radius 2 is 2.16 bits per heavy atom. The summed E-state index contributed by atoms with van der Waals surface area (Å²) >= 11 is 1.33. The van der Waals surface area contributed by atoms with Crippen molar-refractivity contribution in [1.29, 1.82) is 0 Å². The van der Waals surface area contributed by atoms with Crippen molar-refractivity contribution in [3.05, 3.63) is 51.2 Å². The zero-order valence-corrected chi connectivity index (χ0v) is 14.8. The third kappa shape index (κ3) is 3.42. The molecule has 0 unspecified atom stereocenters. The average Bonchev–Trinajstić information content (AvgIpc) is 3.18. The quantitative estimate of drug-likeness (QED) is 0.907. The average molecular weight is 362 g/mol. The second kappa shape index (κ2) is 6.92. The molecule has 1 aliphatic rings. The Kier molecular flexibility index (Phi) is 4.85. The number of carboxylic acid groups (broad SMARTS) is 1. The summed E-state index contributed by atoms with van der Waals surface area (Å²) in [6, 6.07) is 5.95. The van der Waals surface area contributed by atoms with Crippen molar-refractivity contribution in [2.75, 3.05) is 13.1 Å². The van der Waals surface area contributed by atoms with E-state index in [-0.39, 0.29) is 19.0 Å². The minimum Gasteiger partial charge on any atom is -0.481 e. The maximum atomic E-state index is 13.5. The third-order valence-electron chi connectivity index (χ3n) is 4.53. The number of hydrogen-bond acceptors (Lipinski definition) is 4. The summed E-state index contributed by atoms with van der Waals surface area (Å²) in [5, 5.41) is 10.4. The smallest absolute Gasteiger partial charge is 0.308 e. The minimum absolute atomic E-state index is 0.120. The van der Waals surface area contributed by atoms with Crippen molar-refractivity contribution in [3.63, 3.8) is 0 Å². The van der Waals surface area contributed by atoms with E-state index in [1.807, 2.05) is 13.8 Å². The van der Waals surface area contributed by atoms with Gasteiger partial charge in [-0.25, -0.2) is 9.37 Å². The monoisotopic (exact) mass is 362 g/mol. The number of aliphatic carboxylic acids is 1. The largest absolute Gasteiger partial charge is 0.481 e. The molecular formula is C18H19FN2O3S. The maximum Gasteiger partial charge on any atom is 0.308 e. The molecule has 1 amide bonds. The van der Waals surface area contributed by atoms with Gasteiger partial charge in [0.25, 0.3) is 5.91 Å². The Labute approximate surface area is 149 Å². The summed E-state index contributed by atoms with van der Waals surface area (Å²) in [6.45, 7) is 4.17. The van der Waals surface area contributed by atoms with E-state index < -0.39 is 23.6 Å². The van der Waals surface area contributed by atoms with E-state index >= 15 is 0 Å². The summed E-state index contributed by atoms with van der Waals surface area (Å²) in [7, 11) is 0. The van der Waals surface area contributed by atoms with Gasteiger partial charge in [0.2, 0.25) is 0 Å². The molecule has 1 N–H and O–H groups in total. The van der Waals surface area contributed by atoms with Crippen LogP contribution in [0.5, 0.6) is 0 Å². The molecule has 0 aliphatic carbocycles. The summed E-state index contributed by atoms with van der Waals surface area (Å²) in [5.41, 5.74) is 1.35. The highest BCUT2D eigenvalue weighted by Gasteiger charge is 2.41. The molecule has 5 nitrogen and oxygen atoms in total. The highest BCUT2D eigenvalue weighted by atomic mass is 32.1. The number of carbonyl (C=O) groups is 2. The van der Waals surface area contributed by atoms with Crippen LogP contribution in [0.2, 0.25) is 0 Å². The van der Waals surface area contributed by atoms with Crippen LogP contribution in [-0.4, -0.2) is 40.0 Å². The van der Waals surface area contributed by atoms with E-state index in [4.69, 9.17) is 0 Å². The van der Waals surface area contributed by atoms with Crippen molar-refractivity contribution in [2.45, 2.75) is 26.2 Å². The Bertz CT molecular complexity index is 820. The van der Waals surface area contributed by atoms with Crippen LogP contribution in [0.25, 0.3) is 0 Å². The van der Waals surface area contributed by atoms with Crippen molar-refractivity contribution in [1.82, 2.24) is 9.88 Å². The molecule has 3 rings (SSSR count). The van der Waals surface area contributed by atoms with Gasteiger partial charge < -0.3 is 10.0 Å². The van der Waals surface area contributed by atoms with Crippen LogP contribution in [0.1, 0.15) is 38.8 Å². The number of rotatable bonds is 4. The molecule has 0 radical (unpaired) electrons. The molecule has 1 fully saturated rings. The predicted molar refractivity (Wildman–Crippen MR) is 92.4 cm³/mol. The van der Waals surface area contributed by atoms with Gasteiger partial charge in [-0.05, 0) is 31.0 Å². The number of thiazole rings is 1. The van der Waals surface area contributed by atoms with Crippen LogP contribution >= 0.6 is 11.3 Å². The van der Waals surface area contributed by atoms with Gasteiger partial charge in [0.1, 0.15) is 10.7 Å². The zero-order chi connectivity index (χ0) is 18.1. The molecule has 1 aliphatic heterocycles. The molecule has 132 valence electrons. The Morgan fingerprint density at radius 1 is 1.40 bits per heavy atom. The Balaban J connectivity index is 1.89. The molecule has 1 aromatic carbocycles. The number of aryl methyl sites for hydroxylation is 2. The molecule has 25 heavy (non-hydrogen) atoms. The Morgan fingerprint density at radius 3 is 2.80 bits per heavy atom. The lowest BCUT2D eigenvalue weighted by Crippen LogP contribution is -2.30. The first kappa shape index (κ1) is 17.5. The SMILES string of the molecule is CCc1nc(C)sc1C(=O)N1C[C@@H](C(=O)O)[C@H](c2cccc(F)c2)C1. The predicted octanol–water partition coefficient (Wildman–Crippen LogP) is 3.09. The second-order valence-electron chi connectivity index (χ2n) is 6.18. The van der Waals surface area contributed by atoms with Gasteiger partial charge in [-0.1, -0.05) is 19.1 Å². The van der Waals surface area contributed by atoms with Gasteiger partial charge in [0, 0.05) is 19.0 Å². The van der Waals surface area contributed by atoms with E-state index in [2.05, 4.69) is 4.98 Å². The van der Waals surface area contributed by atoms with E-state index in [1.165, 1.54) is 23.5 Å². The standard InChI is InChI=1S/C18H19FN2O3S/c1-3-15-16(25-10(2)20-15)17(22)21-8-13(14(9-21)18(23)24)11-5-4-6-12(19)7-11/h4-7,13-14H,3,8-9H2,1-2H3,(H,23,24)/t13-,14+/m0/s1. The molecule has 1 saturated heterocycles. The highest BCUT2D eigenvalue weighted by molar-refractivity contribution is 7.13. The van der Waals surface area contributed by atoms with E-state index in [9.17, 15) is 19.1 Å². The molecule has 0 saturated carbocycles. The number of likely N-dealkylation sites (tertiary alicyclic amines) is 1. The van der Waals surface area contributed by atoms with Crippen LogP contribution in [0.15, 0.2) is 24.3 Å². The van der Waals surface area contributed by atoms with Crippen molar-refractivity contribution < 1.29 is 19.1 Å². The fourth-order valence-electron chi connectivity index (χ4n) is 3.32. The van der Waals surface area contributed by atoms with Gasteiger partial charge in [0.15, 0.2) is 0 Å². The summed E-state index contributed by atoms with van der Waals surface area (Å²) in [4.78, 5) is 31.0. The maximum absolute atomic E-state index is 13.5. The van der Waals surface area contributed by atoms with Crippen molar-refractivity contribution >= 4 is 23.2 Å². The van der Waals surface area contributed by atoms with Crippen molar-refractivity contribution in [2.24, 2.45) is 5.92 Å². The summed E-state index contributed by atoms with van der Waals surface area (Å²) in [5.74, 6) is -2.73. The van der Waals surface area contributed by atoms with Gasteiger partial charge in [0.05, 0.1) is 16.6 Å². The second-order valence-corrected chi connectivity index (χ2v) is 7.38. The lowest BCUT2D eigenvalue weighted by Gasteiger charge is -2.16. The molecule has 1 aromatic heterocycles. The number of nitrogens with zero attached hydrogens (tertiary/aromatic N) is 2. The van der Waals surface area contributed by atoms with Crippen LogP contribution < -0.4 is 0 Å². The molecule has 0 spiro atoms. The number of carboxylic acids is 1. The minimum atomic E-state index is -0.972. The number of hydrogen-bond donors (Lipinski definition) is 1. The molecule has 2 heterocycles. The number of halogens is 1. The number of aromatic nitrogens is 1. The number of carbonyl (C=O) groups excluding carboxylic acids is 1. The first-order valence-electron chi connectivity index (χ1n) is 8.14. The summed E-state index contributed by atoms with van der Waals surface area (Å²) < 4.78 is 13.5. The lowest BCUT2D eigenvalue weighted by atomic mass is 9.89. The van der Waals surface area contributed by atoms with Crippen LogP contribution in [-0.2, 0) is 11.2 Å². The topological polar surface area (TPSA) is 70.5 Å². The fraction of sp³-hybridized carbons (Fsp3) is 0.389. The first-order valence-corrected chi connectivity index (χ1v) is 8.96. The lowest BCUT2D eigenvalue weighted by molar-refractivity contribution is -0.141. The van der Waals surface area contributed by atoms with Crippen LogP contribution in [0, 0.1) is 18.7 Å². The van der Waals surface area contributed by atoms with Crippen LogP contribution in [0.4, 0.5) is 4.39 Å². The van der Waals surface area contributed by atoms with E-state index in [0.29, 0.717) is 16.9 Å². The van der Waals surface area contributed by atoms with E-state index in [1.54, 1.807) is 17.0 Å². The normalized spacial score (nSPS) is 20.0. The molecule has 2 aromatic rings. The Hall–Kier alpha value is -2.28. The molecule has 0 bridgehead atoms. The molecule has 7 heteroatoms. The molecular weight excluding hydrogens is 343 g/mol. The zero-order valence-electron chi connectivity index (χ0n) is 14.0. The van der Waals surface area contributed by atoms with Gasteiger partial charge in [-0.15, -0.1) is 11.3 Å².